The van der Waals surface area contributed by atoms with E-state index in [1.807, 2.05) is 50.4 Å². The number of nitrogens with zero attached hydrogens (tertiary/aromatic N) is 4. The van der Waals surface area contributed by atoms with Crippen molar-refractivity contribution < 1.29 is 4.74 Å². The van der Waals surface area contributed by atoms with Crippen molar-refractivity contribution in [1.82, 2.24) is 19.1 Å². The second-order valence-corrected chi connectivity index (χ2v) is 6.34. The fourth-order valence-electron chi connectivity index (χ4n) is 3.27. The van der Waals surface area contributed by atoms with Gasteiger partial charge in [-0.1, -0.05) is 12.1 Å². The normalized spacial score (nSPS) is 11.0. The average molecular weight is 376 g/mol. The molecule has 0 aliphatic carbocycles. The lowest BCUT2D eigenvalue weighted by atomic mass is 10.2. The molecule has 3 N–H and O–H groups in total. The number of hydrogen-bond acceptors (Lipinski definition) is 6. The molecule has 4 rings (SSSR count). The number of anilines is 2. The van der Waals surface area contributed by atoms with E-state index in [-0.39, 0.29) is 11.5 Å². The Hall–Kier alpha value is -3.81. The van der Waals surface area contributed by atoms with Crippen LogP contribution in [0.3, 0.4) is 0 Å². The van der Waals surface area contributed by atoms with Crippen molar-refractivity contribution in [3.63, 3.8) is 0 Å². The van der Waals surface area contributed by atoms with Gasteiger partial charge in [0.2, 0.25) is 0 Å². The minimum absolute atomic E-state index is 0.227. The number of aromatic nitrogens is 4. The summed E-state index contributed by atoms with van der Waals surface area (Å²) in [6.45, 7) is 1.94. The number of nitrogens with two attached hydrogens (primary N) is 1. The molecule has 8 heteroatoms. The topological polar surface area (TPSA) is 100.0 Å². The number of fused-ring (bicyclic) bond motifs is 1. The van der Waals surface area contributed by atoms with Crippen molar-refractivity contribution in [2.75, 3.05) is 25.2 Å². The zero-order valence-electron chi connectivity index (χ0n) is 15.8. The third kappa shape index (κ3) is 2.66. The maximum atomic E-state index is 13.5. The van der Waals surface area contributed by atoms with Crippen LogP contribution in [0.5, 0.6) is 5.75 Å². The van der Waals surface area contributed by atoms with E-state index in [0.717, 1.165) is 11.3 Å². The third-order valence-corrected chi connectivity index (χ3v) is 4.69. The second-order valence-electron chi connectivity index (χ2n) is 6.34. The van der Waals surface area contributed by atoms with Crippen LogP contribution < -0.4 is 21.5 Å². The molecule has 2 heterocycles. The van der Waals surface area contributed by atoms with E-state index < -0.39 is 0 Å². The van der Waals surface area contributed by atoms with Crippen LogP contribution in [0.2, 0.25) is 0 Å². The maximum Gasteiger partial charge on any atom is 0.339 e. The molecular formula is C20H20N6O2. The van der Waals surface area contributed by atoms with Gasteiger partial charge >= 0.3 is 5.69 Å². The van der Waals surface area contributed by atoms with Crippen LogP contribution in [0.25, 0.3) is 22.5 Å². The number of nitrogens with one attached hydrogen (secondary N) is 1. The molecule has 0 unspecified atom stereocenters. The monoisotopic (exact) mass is 376 g/mol. The summed E-state index contributed by atoms with van der Waals surface area (Å²) in [6.07, 6.45) is 1.36. The summed E-state index contributed by atoms with van der Waals surface area (Å²) in [4.78, 5) is 21.9. The minimum atomic E-state index is -0.290. The first-order valence-corrected chi connectivity index (χ1v) is 8.72. The van der Waals surface area contributed by atoms with Crippen molar-refractivity contribution >= 4 is 22.7 Å². The van der Waals surface area contributed by atoms with Gasteiger partial charge in [0.1, 0.15) is 17.6 Å². The van der Waals surface area contributed by atoms with Crippen LogP contribution >= 0.6 is 0 Å². The third-order valence-electron chi connectivity index (χ3n) is 4.69. The highest BCUT2D eigenvalue weighted by molar-refractivity contribution is 5.85. The zero-order valence-corrected chi connectivity index (χ0v) is 15.8. The molecule has 0 fully saturated rings. The van der Waals surface area contributed by atoms with Crippen LogP contribution in [-0.2, 0) is 0 Å². The molecule has 0 atom stereocenters. The van der Waals surface area contributed by atoms with Crippen LogP contribution in [0.1, 0.15) is 5.56 Å². The Kier molecular flexibility index (Phi) is 4.23. The molecule has 2 aromatic carbocycles. The van der Waals surface area contributed by atoms with Crippen molar-refractivity contribution in [3.8, 4) is 17.1 Å². The van der Waals surface area contributed by atoms with E-state index in [1.165, 1.54) is 15.5 Å². The fraction of sp³-hybridized carbons (Fsp3) is 0.150. The highest BCUT2D eigenvalue weighted by Crippen LogP contribution is 2.26. The molecule has 4 aromatic rings. The first-order chi connectivity index (χ1) is 13.5. The van der Waals surface area contributed by atoms with Gasteiger partial charge < -0.3 is 15.8 Å². The number of rotatable bonds is 4. The minimum Gasteiger partial charge on any atom is -0.496 e. The van der Waals surface area contributed by atoms with Crippen LogP contribution in [-0.4, -0.2) is 33.3 Å². The molecule has 142 valence electrons. The Morgan fingerprint density at radius 3 is 2.61 bits per heavy atom. The van der Waals surface area contributed by atoms with Gasteiger partial charge in [0.25, 0.3) is 0 Å². The van der Waals surface area contributed by atoms with Crippen molar-refractivity contribution in [1.29, 1.82) is 0 Å². The molecule has 0 saturated carbocycles. The lowest BCUT2D eigenvalue weighted by Gasteiger charge is -2.09. The van der Waals surface area contributed by atoms with E-state index in [9.17, 15) is 4.79 Å². The summed E-state index contributed by atoms with van der Waals surface area (Å²) in [6, 6.07) is 13.1. The molecule has 0 amide bonds. The summed E-state index contributed by atoms with van der Waals surface area (Å²) in [5.74, 6) is 0.906. The number of ether oxygens (including phenoxy) is 1. The molecule has 2 aromatic heterocycles. The summed E-state index contributed by atoms with van der Waals surface area (Å²) >= 11 is 0. The van der Waals surface area contributed by atoms with Crippen molar-refractivity contribution in [2.45, 2.75) is 6.92 Å². The smallest absolute Gasteiger partial charge is 0.339 e. The van der Waals surface area contributed by atoms with Gasteiger partial charge in [0.05, 0.1) is 18.5 Å². The van der Waals surface area contributed by atoms with Crippen molar-refractivity contribution in [2.24, 2.45) is 0 Å². The lowest BCUT2D eigenvalue weighted by Crippen LogP contribution is -2.22. The Balaban J connectivity index is 2.08. The number of hydrogen-bond donors (Lipinski definition) is 2. The Morgan fingerprint density at radius 2 is 1.86 bits per heavy atom. The van der Waals surface area contributed by atoms with Gasteiger partial charge in [-0.3, -0.25) is 4.57 Å². The summed E-state index contributed by atoms with van der Waals surface area (Å²) < 4.78 is 8.46. The number of imidazole rings is 1. The molecule has 0 spiro atoms. The number of aryl methyl sites for hydroxylation is 1. The molecule has 0 aliphatic heterocycles. The van der Waals surface area contributed by atoms with E-state index >= 15 is 0 Å². The summed E-state index contributed by atoms with van der Waals surface area (Å²) in [5, 5.41) is 3.08. The first kappa shape index (κ1) is 17.6. The largest absolute Gasteiger partial charge is 0.496 e. The lowest BCUT2D eigenvalue weighted by molar-refractivity contribution is 0.411. The number of nitrogen functional groups attached to an aromatic ring is 1. The standard InChI is InChI=1S/C20H20N6O2/c1-12-7-8-15(10-16(12)28-3)25-17-18(21)23-11-24-19(17)26(20(25)27)14-6-4-5-13(9-14)22-2/h4-11,22H,1-3H3,(H2,21,23,24). The first-order valence-electron chi connectivity index (χ1n) is 8.72. The average Bonchev–Trinajstić information content (AvgIpc) is 3.01. The molecule has 8 nitrogen and oxygen atoms in total. The van der Waals surface area contributed by atoms with Gasteiger partial charge in [0.15, 0.2) is 11.5 Å². The Labute approximate surface area is 161 Å². The van der Waals surface area contributed by atoms with Gasteiger partial charge in [-0.25, -0.2) is 19.3 Å². The predicted molar refractivity (Wildman–Crippen MR) is 110 cm³/mol. The quantitative estimate of drug-likeness (QED) is 0.568. The van der Waals surface area contributed by atoms with Crippen LogP contribution in [0, 0.1) is 6.92 Å². The van der Waals surface area contributed by atoms with Gasteiger partial charge in [-0.05, 0) is 36.8 Å². The molecule has 0 aliphatic rings. The van der Waals surface area contributed by atoms with E-state index in [1.54, 1.807) is 13.2 Å². The highest BCUT2D eigenvalue weighted by Gasteiger charge is 2.20. The predicted octanol–water partition coefficient (Wildman–Crippen LogP) is 2.51. The van der Waals surface area contributed by atoms with Gasteiger partial charge in [-0.2, -0.15) is 0 Å². The fourth-order valence-corrected chi connectivity index (χ4v) is 3.27. The number of benzene rings is 2. The van der Waals surface area contributed by atoms with Gasteiger partial charge in [-0.15, -0.1) is 0 Å². The van der Waals surface area contributed by atoms with E-state index in [0.29, 0.717) is 28.3 Å². The maximum absolute atomic E-state index is 13.5. The number of methoxy groups -OCH3 is 1. The highest BCUT2D eigenvalue weighted by atomic mass is 16.5. The van der Waals surface area contributed by atoms with Crippen LogP contribution in [0.15, 0.2) is 53.6 Å². The van der Waals surface area contributed by atoms with E-state index in [4.69, 9.17) is 10.5 Å². The second kappa shape index (κ2) is 6.73. The molecule has 0 bridgehead atoms. The van der Waals surface area contributed by atoms with E-state index in [2.05, 4.69) is 15.3 Å². The molecule has 0 saturated heterocycles. The van der Waals surface area contributed by atoms with Crippen LogP contribution in [0.4, 0.5) is 11.5 Å². The summed E-state index contributed by atoms with van der Waals surface area (Å²) in [7, 11) is 3.42. The van der Waals surface area contributed by atoms with Crippen molar-refractivity contribution in [3.05, 3.63) is 64.8 Å². The Bertz CT molecular complexity index is 1240. The zero-order chi connectivity index (χ0) is 19.8. The molecular weight excluding hydrogens is 356 g/mol. The molecule has 0 radical (unpaired) electrons. The van der Waals surface area contributed by atoms with Gasteiger partial charge in [0, 0.05) is 18.8 Å². The Morgan fingerprint density at radius 1 is 1.07 bits per heavy atom. The summed E-state index contributed by atoms with van der Waals surface area (Å²) in [5.41, 5.74) is 9.89. The molecule has 28 heavy (non-hydrogen) atoms. The SMILES string of the molecule is CNc1cccc(-n2c(=O)n(-c3ccc(C)c(OC)c3)c3c(N)ncnc32)c1.